The van der Waals surface area contributed by atoms with Gasteiger partial charge in [0.25, 0.3) is 5.91 Å². The molecule has 0 atom stereocenters. The fourth-order valence-electron chi connectivity index (χ4n) is 1.97. The monoisotopic (exact) mass is 380 g/mol. The zero-order valence-electron chi connectivity index (χ0n) is 13.5. The van der Waals surface area contributed by atoms with E-state index in [9.17, 15) is 13.2 Å². The summed E-state index contributed by atoms with van der Waals surface area (Å²) in [6.07, 6.45) is 1.41. The average molecular weight is 381 g/mol. The van der Waals surface area contributed by atoms with Crippen molar-refractivity contribution in [2.24, 2.45) is 0 Å². The molecule has 25 heavy (non-hydrogen) atoms. The predicted octanol–water partition coefficient (Wildman–Crippen LogP) is 3.07. The molecule has 2 aromatic carbocycles. The Morgan fingerprint density at radius 2 is 1.92 bits per heavy atom. The normalized spacial score (nSPS) is 11.0. The summed E-state index contributed by atoms with van der Waals surface area (Å²) in [5.41, 5.74) is 0.717. The second-order valence-electron chi connectivity index (χ2n) is 4.97. The molecule has 6 nitrogen and oxygen atoms in total. The van der Waals surface area contributed by atoms with Gasteiger partial charge in [-0.3, -0.25) is 4.79 Å². The molecule has 0 unspecified atom stereocenters. The fraction of sp³-hybridized carbons (Fsp3) is 0.118. The van der Waals surface area contributed by atoms with E-state index in [2.05, 4.69) is 16.6 Å². The Morgan fingerprint density at radius 3 is 2.52 bits per heavy atom. The fourth-order valence-corrected chi connectivity index (χ4v) is 3.50. The number of sulfonamides is 1. The first-order chi connectivity index (χ1) is 11.9. The first-order valence-electron chi connectivity index (χ1n) is 7.23. The smallest absolute Gasteiger partial charge is 0.255 e. The van der Waals surface area contributed by atoms with Crippen LogP contribution in [0.2, 0.25) is 5.02 Å². The van der Waals surface area contributed by atoms with Crippen molar-refractivity contribution >= 4 is 33.2 Å². The maximum Gasteiger partial charge on any atom is 0.255 e. The molecule has 132 valence electrons. The molecule has 0 heterocycles. The van der Waals surface area contributed by atoms with Crippen molar-refractivity contribution in [1.82, 2.24) is 4.72 Å². The second kappa shape index (κ2) is 8.15. The highest BCUT2D eigenvalue weighted by atomic mass is 35.5. The summed E-state index contributed by atoms with van der Waals surface area (Å²) < 4.78 is 31.8. The molecule has 2 aromatic rings. The van der Waals surface area contributed by atoms with Gasteiger partial charge in [0.2, 0.25) is 10.0 Å². The molecule has 1 amide bonds. The largest absolute Gasteiger partial charge is 0.497 e. The van der Waals surface area contributed by atoms with Crippen molar-refractivity contribution in [2.45, 2.75) is 4.90 Å². The summed E-state index contributed by atoms with van der Waals surface area (Å²) in [6.45, 7) is 3.51. The van der Waals surface area contributed by atoms with Crippen LogP contribution in [-0.4, -0.2) is 28.0 Å². The van der Waals surface area contributed by atoms with Crippen LogP contribution in [0.5, 0.6) is 5.75 Å². The Bertz CT molecular complexity index is 880. The van der Waals surface area contributed by atoms with Crippen molar-refractivity contribution < 1.29 is 17.9 Å². The van der Waals surface area contributed by atoms with Crippen molar-refractivity contribution in [2.75, 3.05) is 19.0 Å². The van der Waals surface area contributed by atoms with Gasteiger partial charge in [-0.2, -0.15) is 0 Å². The molecule has 2 N–H and O–H groups in total. The van der Waals surface area contributed by atoms with Crippen molar-refractivity contribution in [3.63, 3.8) is 0 Å². The van der Waals surface area contributed by atoms with E-state index >= 15 is 0 Å². The molecule has 0 aromatic heterocycles. The van der Waals surface area contributed by atoms with Gasteiger partial charge in [0.1, 0.15) is 10.6 Å². The number of anilines is 1. The van der Waals surface area contributed by atoms with Crippen LogP contribution in [0.3, 0.4) is 0 Å². The van der Waals surface area contributed by atoms with E-state index in [1.807, 2.05) is 0 Å². The van der Waals surface area contributed by atoms with Crippen LogP contribution in [0.1, 0.15) is 10.4 Å². The molecule has 8 heteroatoms. The Kier molecular flexibility index (Phi) is 6.19. The van der Waals surface area contributed by atoms with E-state index in [0.29, 0.717) is 11.4 Å². The average Bonchev–Trinajstić information content (AvgIpc) is 2.60. The number of amides is 1. The lowest BCUT2D eigenvalue weighted by atomic mass is 10.2. The molecule has 0 saturated heterocycles. The van der Waals surface area contributed by atoms with Crippen LogP contribution in [0.15, 0.2) is 60.0 Å². The number of ether oxygens (including phenoxy) is 1. The molecular formula is C17H17ClN2O4S. The second-order valence-corrected chi connectivity index (χ2v) is 7.11. The van der Waals surface area contributed by atoms with Crippen molar-refractivity contribution in [3.8, 4) is 5.75 Å². The quantitative estimate of drug-likeness (QED) is 0.723. The number of carbonyl (C=O) groups is 1. The molecule has 0 aliphatic rings. The van der Waals surface area contributed by atoms with E-state index in [0.717, 1.165) is 0 Å². The highest BCUT2D eigenvalue weighted by Gasteiger charge is 2.19. The van der Waals surface area contributed by atoms with Gasteiger partial charge in [0.05, 0.1) is 12.1 Å². The molecule has 0 bridgehead atoms. The maximum absolute atomic E-state index is 12.4. The minimum absolute atomic E-state index is 0.0255. The van der Waals surface area contributed by atoms with Gasteiger partial charge >= 0.3 is 0 Å². The maximum atomic E-state index is 12.4. The Labute approximate surface area is 151 Å². The van der Waals surface area contributed by atoms with Gasteiger partial charge in [-0.15, -0.1) is 6.58 Å². The number of methoxy groups -OCH3 is 1. The minimum Gasteiger partial charge on any atom is -0.497 e. The zero-order valence-corrected chi connectivity index (χ0v) is 15.0. The number of benzene rings is 2. The number of halogens is 1. The Balaban J connectivity index is 2.25. The third kappa shape index (κ3) is 4.82. The molecular weight excluding hydrogens is 364 g/mol. The van der Waals surface area contributed by atoms with Gasteiger partial charge in [0.15, 0.2) is 0 Å². The topological polar surface area (TPSA) is 84.5 Å². The summed E-state index contributed by atoms with van der Waals surface area (Å²) in [5, 5.41) is 2.71. The minimum atomic E-state index is -3.84. The molecule has 0 spiro atoms. The van der Waals surface area contributed by atoms with Gasteiger partial charge in [0, 0.05) is 17.8 Å². The summed E-state index contributed by atoms with van der Waals surface area (Å²) in [5.74, 6) is 0.202. The number of hydrogen-bond acceptors (Lipinski definition) is 4. The van der Waals surface area contributed by atoms with Crippen LogP contribution >= 0.6 is 11.6 Å². The molecule has 2 rings (SSSR count). The lowest BCUT2D eigenvalue weighted by Gasteiger charge is -2.10. The summed E-state index contributed by atoms with van der Waals surface area (Å²) in [7, 11) is -2.30. The zero-order chi connectivity index (χ0) is 18.4. The first-order valence-corrected chi connectivity index (χ1v) is 9.09. The van der Waals surface area contributed by atoms with Gasteiger partial charge in [-0.25, -0.2) is 13.1 Å². The van der Waals surface area contributed by atoms with E-state index in [4.69, 9.17) is 16.3 Å². The van der Waals surface area contributed by atoms with Crippen molar-refractivity contribution in [1.29, 1.82) is 0 Å². The Morgan fingerprint density at radius 1 is 1.24 bits per heavy atom. The molecule has 0 aliphatic heterocycles. The van der Waals surface area contributed by atoms with Crippen molar-refractivity contribution in [3.05, 3.63) is 65.7 Å². The number of hydrogen-bond donors (Lipinski definition) is 2. The summed E-state index contributed by atoms with van der Waals surface area (Å²) >= 11 is 5.97. The number of rotatable bonds is 7. The van der Waals surface area contributed by atoms with Crippen LogP contribution in [-0.2, 0) is 10.0 Å². The van der Waals surface area contributed by atoms with Crippen LogP contribution in [0.4, 0.5) is 5.69 Å². The standard InChI is InChI=1S/C17H17ClN2O4S/c1-3-10-19-25(22,23)16-11-12(4-9-15(16)18)17(21)20-13-5-7-14(24-2)8-6-13/h3-9,11,19H,1,10H2,2H3,(H,20,21). The third-order valence-corrected chi connectivity index (χ3v) is 5.15. The molecule has 0 radical (unpaired) electrons. The molecule has 0 fully saturated rings. The third-order valence-electron chi connectivity index (χ3n) is 3.25. The number of nitrogens with one attached hydrogen (secondary N) is 2. The first kappa shape index (κ1) is 19.0. The van der Waals surface area contributed by atoms with E-state index < -0.39 is 15.9 Å². The van der Waals surface area contributed by atoms with E-state index in [1.165, 1.54) is 24.3 Å². The lowest BCUT2D eigenvalue weighted by Crippen LogP contribution is -2.24. The van der Waals surface area contributed by atoms with Gasteiger partial charge < -0.3 is 10.1 Å². The predicted molar refractivity (Wildman–Crippen MR) is 97.8 cm³/mol. The molecule has 0 saturated carbocycles. The highest BCUT2D eigenvalue weighted by molar-refractivity contribution is 7.89. The van der Waals surface area contributed by atoms with Crippen LogP contribution in [0, 0.1) is 0 Å². The SMILES string of the molecule is C=CCNS(=O)(=O)c1cc(C(=O)Nc2ccc(OC)cc2)ccc1Cl. The number of carbonyl (C=O) groups excluding carboxylic acids is 1. The van der Waals surface area contributed by atoms with Crippen LogP contribution in [0.25, 0.3) is 0 Å². The lowest BCUT2D eigenvalue weighted by molar-refractivity contribution is 0.102. The summed E-state index contributed by atoms with van der Waals surface area (Å²) in [4.78, 5) is 12.2. The molecule has 0 aliphatic carbocycles. The Hall–Kier alpha value is -2.35. The van der Waals surface area contributed by atoms with E-state index in [-0.39, 0.29) is 22.0 Å². The van der Waals surface area contributed by atoms with Crippen LogP contribution < -0.4 is 14.8 Å². The van der Waals surface area contributed by atoms with Gasteiger partial charge in [-0.05, 0) is 42.5 Å². The highest BCUT2D eigenvalue weighted by Crippen LogP contribution is 2.23. The van der Waals surface area contributed by atoms with Gasteiger partial charge in [-0.1, -0.05) is 17.7 Å². The van der Waals surface area contributed by atoms with E-state index in [1.54, 1.807) is 31.4 Å². The summed E-state index contributed by atoms with van der Waals surface area (Å²) in [6, 6.07) is 10.8.